The number of nitrogens with one attached hydrogen (secondary N) is 1. The Morgan fingerprint density at radius 2 is 1.88 bits per heavy atom. The first kappa shape index (κ1) is 21.0. The van der Waals surface area contributed by atoms with Crippen molar-refractivity contribution in [3.8, 4) is 28.3 Å². The molecule has 1 aliphatic rings. The fourth-order valence-corrected chi connectivity index (χ4v) is 4.79. The average molecular weight is 471 g/mol. The van der Waals surface area contributed by atoms with Gasteiger partial charge in [0.05, 0.1) is 30.9 Å². The van der Waals surface area contributed by atoms with E-state index in [1.54, 1.807) is 7.11 Å². The molecule has 0 bridgehead atoms. The molecule has 170 valence electrons. The van der Waals surface area contributed by atoms with Crippen LogP contribution in [0.3, 0.4) is 0 Å². The lowest BCUT2D eigenvalue weighted by Crippen LogP contribution is -2.36. The van der Waals surface area contributed by atoms with Gasteiger partial charge in [0.15, 0.2) is 0 Å². The number of pyridine rings is 2. The number of aromatic nitrogens is 3. The monoisotopic (exact) mass is 470 g/mol. The molecular weight excluding hydrogens is 448 g/mol. The summed E-state index contributed by atoms with van der Waals surface area (Å²) in [6.07, 6.45) is 1.92. The molecule has 0 spiro atoms. The number of benzene rings is 2. The third kappa shape index (κ3) is 3.75. The van der Waals surface area contributed by atoms with Gasteiger partial charge in [0.25, 0.3) is 0 Å². The van der Waals surface area contributed by atoms with Gasteiger partial charge in [0.1, 0.15) is 5.82 Å². The highest BCUT2D eigenvalue weighted by atomic mass is 35.5. The molecule has 0 amide bonds. The zero-order chi connectivity index (χ0) is 23.1. The van der Waals surface area contributed by atoms with E-state index in [4.69, 9.17) is 21.1 Å². The zero-order valence-corrected chi connectivity index (χ0v) is 19.5. The molecule has 0 radical (unpaired) electrons. The Morgan fingerprint density at radius 1 is 1.00 bits per heavy atom. The number of hydrogen-bond acceptors (Lipinski definition) is 5. The molecule has 4 heterocycles. The highest BCUT2D eigenvalue weighted by Crippen LogP contribution is 2.37. The molecule has 0 saturated carbocycles. The third-order valence-electron chi connectivity index (χ3n) is 6.31. The molecule has 6 nitrogen and oxygen atoms in total. The highest BCUT2D eigenvalue weighted by molar-refractivity contribution is 6.34. The summed E-state index contributed by atoms with van der Waals surface area (Å²) in [6, 6.07) is 20.4. The quantitative estimate of drug-likeness (QED) is 0.352. The Bertz CT molecular complexity index is 1490. The van der Waals surface area contributed by atoms with Gasteiger partial charge in [-0.15, -0.1) is 0 Å². The summed E-state index contributed by atoms with van der Waals surface area (Å²) in [6.45, 7) is 3.23. The number of morpholine rings is 1. The molecule has 2 aromatic carbocycles. The third-order valence-corrected chi connectivity index (χ3v) is 6.62. The van der Waals surface area contributed by atoms with Gasteiger partial charge in [-0.05, 0) is 48.0 Å². The number of fused-ring (bicyclic) bond motifs is 2. The summed E-state index contributed by atoms with van der Waals surface area (Å²) < 4.78 is 10.7. The number of halogens is 1. The first-order valence-electron chi connectivity index (χ1n) is 11.2. The number of hydrogen-bond donors (Lipinski definition) is 1. The van der Waals surface area contributed by atoms with Gasteiger partial charge < -0.3 is 19.4 Å². The van der Waals surface area contributed by atoms with Crippen molar-refractivity contribution >= 4 is 39.2 Å². The van der Waals surface area contributed by atoms with Crippen LogP contribution < -0.4 is 9.64 Å². The number of aromatic amines is 1. The number of anilines is 1. The molecular formula is C27H23ClN4O2. The van der Waals surface area contributed by atoms with Crippen molar-refractivity contribution in [2.45, 2.75) is 0 Å². The molecule has 1 saturated heterocycles. The summed E-state index contributed by atoms with van der Waals surface area (Å²) in [4.78, 5) is 15.0. The minimum Gasteiger partial charge on any atom is -0.481 e. The van der Waals surface area contributed by atoms with E-state index in [-0.39, 0.29) is 0 Å². The second-order valence-electron chi connectivity index (χ2n) is 8.33. The minimum absolute atomic E-state index is 0.592. The van der Waals surface area contributed by atoms with Crippen LogP contribution in [0.1, 0.15) is 0 Å². The maximum Gasteiger partial charge on any atom is 0.213 e. The fraction of sp³-hybridized carbons (Fsp3) is 0.185. The normalized spacial score (nSPS) is 14.1. The molecule has 3 aromatic heterocycles. The van der Waals surface area contributed by atoms with Crippen LogP contribution in [-0.2, 0) is 4.74 Å². The SMILES string of the molecule is COc1ccc2c(-c3cc4cc(-c5ccc(N6CCOCC6)nc5)[nH]c4cc3Cl)cccc2n1. The van der Waals surface area contributed by atoms with E-state index in [1.807, 2.05) is 36.5 Å². The molecule has 1 aliphatic heterocycles. The smallest absolute Gasteiger partial charge is 0.213 e. The Labute approximate surface area is 202 Å². The van der Waals surface area contributed by atoms with E-state index in [9.17, 15) is 0 Å². The van der Waals surface area contributed by atoms with Crippen LogP contribution in [0, 0.1) is 0 Å². The van der Waals surface area contributed by atoms with E-state index < -0.39 is 0 Å². The van der Waals surface area contributed by atoms with E-state index in [2.05, 4.69) is 50.2 Å². The van der Waals surface area contributed by atoms with Crippen molar-refractivity contribution in [2.75, 3.05) is 38.3 Å². The van der Waals surface area contributed by atoms with Gasteiger partial charge in [0, 0.05) is 58.5 Å². The maximum atomic E-state index is 6.77. The van der Waals surface area contributed by atoms with Crippen LogP contribution in [0.25, 0.3) is 44.2 Å². The van der Waals surface area contributed by atoms with Gasteiger partial charge in [-0.3, -0.25) is 0 Å². The Hall–Kier alpha value is -3.61. The van der Waals surface area contributed by atoms with Crippen LogP contribution in [0.4, 0.5) is 5.82 Å². The van der Waals surface area contributed by atoms with Crippen molar-refractivity contribution in [2.24, 2.45) is 0 Å². The lowest BCUT2D eigenvalue weighted by Gasteiger charge is -2.27. The Kier molecular flexibility index (Phi) is 5.32. The summed E-state index contributed by atoms with van der Waals surface area (Å²) in [5.74, 6) is 1.57. The second kappa shape index (κ2) is 8.63. The van der Waals surface area contributed by atoms with E-state index >= 15 is 0 Å². The van der Waals surface area contributed by atoms with Crippen molar-refractivity contribution in [1.82, 2.24) is 15.0 Å². The predicted octanol–water partition coefficient (Wildman–Crippen LogP) is 5.94. The van der Waals surface area contributed by atoms with E-state index in [0.29, 0.717) is 10.9 Å². The Balaban J connectivity index is 1.37. The molecule has 5 aromatic rings. The maximum absolute atomic E-state index is 6.77. The molecule has 0 unspecified atom stereocenters. The highest BCUT2D eigenvalue weighted by Gasteiger charge is 2.15. The van der Waals surface area contributed by atoms with Crippen LogP contribution in [-0.4, -0.2) is 48.4 Å². The van der Waals surface area contributed by atoms with Crippen molar-refractivity contribution in [3.05, 3.63) is 71.9 Å². The molecule has 0 aliphatic carbocycles. The van der Waals surface area contributed by atoms with Gasteiger partial charge in [-0.2, -0.15) is 0 Å². The van der Waals surface area contributed by atoms with Crippen LogP contribution >= 0.6 is 11.6 Å². The lowest BCUT2D eigenvalue weighted by atomic mass is 9.99. The van der Waals surface area contributed by atoms with Crippen molar-refractivity contribution in [3.63, 3.8) is 0 Å². The van der Waals surface area contributed by atoms with Gasteiger partial charge in [0.2, 0.25) is 5.88 Å². The van der Waals surface area contributed by atoms with Crippen molar-refractivity contribution < 1.29 is 9.47 Å². The molecule has 6 rings (SSSR count). The van der Waals surface area contributed by atoms with Crippen LogP contribution in [0.15, 0.2) is 66.9 Å². The standard InChI is InChI=1S/C27H23ClN4O2/c1-33-27-8-6-20-19(3-2-4-23(20)31-27)21-13-18-14-24(30-25(18)15-22(21)28)17-5-7-26(29-16-17)32-9-11-34-12-10-32/h2-8,13-16,30H,9-12H2,1H3. The van der Waals surface area contributed by atoms with E-state index in [0.717, 1.165) is 76.3 Å². The lowest BCUT2D eigenvalue weighted by molar-refractivity contribution is 0.122. The largest absolute Gasteiger partial charge is 0.481 e. The van der Waals surface area contributed by atoms with Gasteiger partial charge in [-0.1, -0.05) is 23.7 Å². The number of H-pyrrole nitrogens is 1. The molecule has 7 heteroatoms. The average Bonchev–Trinajstić information content (AvgIpc) is 3.31. The summed E-state index contributed by atoms with van der Waals surface area (Å²) in [7, 11) is 1.62. The topological polar surface area (TPSA) is 63.3 Å². The molecule has 34 heavy (non-hydrogen) atoms. The van der Waals surface area contributed by atoms with Gasteiger partial charge >= 0.3 is 0 Å². The minimum atomic E-state index is 0.592. The summed E-state index contributed by atoms with van der Waals surface area (Å²) in [5.41, 5.74) is 5.91. The molecule has 1 N–H and O–H groups in total. The number of ether oxygens (including phenoxy) is 2. The molecule has 0 atom stereocenters. The first-order valence-corrected chi connectivity index (χ1v) is 11.6. The fourth-order valence-electron chi connectivity index (χ4n) is 4.53. The predicted molar refractivity (Wildman–Crippen MR) is 137 cm³/mol. The summed E-state index contributed by atoms with van der Waals surface area (Å²) in [5, 5.41) is 2.80. The van der Waals surface area contributed by atoms with Gasteiger partial charge in [-0.25, -0.2) is 9.97 Å². The number of methoxy groups -OCH3 is 1. The number of nitrogens with zero attached hydrogens (tertiary/aromatic N) is 3. The van der Waals surface area contributed by atoms with E-state index in [1.165, 1.54) is 0 Å². The Morgan fingerprint density at radius 3 is 2.68 bits per heavy atom. The summed E-state index contributed by atoms with van der Waals surface area (Å²) >= 11 is 6.77. The first-order chi connectivity index (χ1) is 16.7. The van der Waals surface area contributed by atoms with Crippen LogP contribution in [0.2, 0.25) is 5.02 Å². The van der Waals surface area contributed by atoms with Crippen LogP contribution in [0.5, 0.6) is 5.88 Å². The second-order valence-corrected chi connectivity index (χ2v) is 8.74. The van der Waals surface area contributed by atoms with Crippen molar-refractivity contribution in [1.29, 1.82) is 0 Å². The number of rotatable bonds is 4. The zero-order valence-electron chi connectivity index (χ0n) is 18.7. The molecule has 1 fully saturated rings.